The molecule has 0 aliphatic carbocycles. The van der Waals surface area contributed by atoms with Crippen LogP contribution in [0.5, 0.6) is 0 Å². The minimum atomic E-state index is 0. The second-order valence-corrected chi connectivity index (χ2v) is 8.49. The molecule has 0 fully saturated rings. The Bertz CT molecular complexity index is 390. The van der Waals surface area contributed by atoms with Crippen LogP contribution in [0, 0.1) is 0 Å². The van der Waals surface area contributed by atoms with E-state index in [0.29, 0.717) is 0 Å². The molecule has 1 rings (SSSR count). The molecule has 1 aromatic heterocycles. The predicted molar refractivity (Wildman–Crippen MR) is 110 cm³/mol. The highest BCUT2D eigenvalue weighted by atomic mass is 35.5. The number of imidazole rings is 1. The zero-order valence-corrected chi connectivity index (χ0v) is 18.5. The number of quaternary nitrogens is 1. The first-order chi connectivity index (χ1) is 12.1. The van der Waals surface area contributed by atoms with Crippen LogP contribution in [0.2, 0.25) is 0 Å². The Labute approximate surface area is 169 Å². The van der Waals surface area contributed by atoms with Gasteiger partial charge in [0.1, 0.15) is 6.54 Å². The van der Waals surface area contributed by atoms with Crippen LogP contribution in [-0.4, -0.2) is 35.1 Å². The molecule has 1 heterocycles. The third-order valence-electron chi connectivity index (χ3n) is 5.27. The van der Waals surface area contributed by atoms with Crippen LogP contribution in [0.1, 0.15) is 103 Å². The molecule has 0 saturated heterocycles. The summed E-state index contributed by atoms with van der Waals surface area (Å²) in [6, 6.07) is 0. The van der Waals surface area contributed by atoms with Gasteiger partial charge in [0.05, 0.1) is 38.9 Å². The van der Waals surface area contributed by atoms with Gasteiger partial charge in [0.2, 0.25) is 0 Å². The van der Waals surface area contributed by atoms with E-state index < -0.39 is 0 Å². The molecule has 0 bridgehead atoms. The van der Waals surface area contributed by atoms with Crippen molar-refractivity contribution in [3.8, 4) is 0 Å². The Balaban J connectivity index is 0.00000625. The van der Waals surface area contributed by atoms with Crippen LogP contribution >= 0.6 is 0 Å². The van der Waals surface area contributed by atoms with Crippen molar-refractivity contribution in [1.29, 1.82) is 0 Å². The maximum atomic E-state index is 4.11. The van der Waals surface area contributed by atoms with E-state index in [9.17, 15) is 0 Å². The number of unbranched alkanes of at least 4 members (excludes halogenated alkanes) is 13. The molecule has 0 spiro atoms. The number of aromatic nitrogens is 2. The number of nitrogens with one attached hydrogen (secondary N) is 1. The molecule has 1 N–H and O–H groups in total. The van der Waals surface area contributed by atoms with E-state index in [1.807, 2.05) is 6.20 Å². The number of H-pyrrole nitrogens is 1. The fourth-order valence-electron chi connectivity index (χ4n) is 3.65. The second-order valence-electron chi connectivity index (χ2n) is 8.49. The molecule has 0 saturated carbocycles. The molecule has 3 nitrogen and oxygen atoms in total. The van der Waals surface area contributed by atoms with E-state index in [0.717, 1.165) is 11.0 Å². The van der Waals surface area contributed by atoms with Gasteiger partial charge < -0.3 is 21.9 Å². The number of aromatic amines is 1. The molecule has 0 aliphatic heterocycles. The average molecular weight is 386 g/mol. The quantitative estimate of drug-likeness (QED) is 0.323. The van der Waals surface area contributed by atoms with Crippen molar-refractivity contribution in [3.05, 3.63) is 18.2 Å². The van der Waals surface area contributed by atoms with Gasteiger partial charge in [-0.3, -0.25) is 0 Å². The number of halogens is 1. The normalized spacial score (nSPS) is 11.5. The van der Waals surface area contributed by atoms with Crippen molar-refractivity contribution in [2.45, 2.75) is 103 Å². The van der Waals surface area contributed by atoms with Crippen molar-refractivity contribution in [2.24, 2.45) is 0 Å². The molecule has 0 atom stereocenters. The van der Waals surface area contributed by atoms with Crippen LogP contribution in [0.4, 0.5) is 0 Å². The molecule has 26 heavy (non-hydrogen) atoms. The monoisotopic (exact) mass is 385 g/mol. The first-order valence-electron chi connectivity index (χ1n) is 10.9. The summed E-state index contributed by atoms with van der Waals surface area (Å²) in [7, 11) is 4.65. The lowest BCUT2D eigenvalue weighted by Crippen LogP contribution is -3.00. The van der Waals surface area contributed by atoms with Crippen molar-refractivity contribution >= 4 is 0 Å². The minimum Gasteiger partial charge on any atom is -1.00 e. The van der Waals surface area contributed by atoms with Crippen LogP contribution in [0.15, 0.2) is 12.5 Å². The van der Waals surface area contributed by atoms with Crippen molar-refractivity contribution in [3.63, 3.8) is 0 Å². The van der Waals surface area contributed by atoms with E-state index in [1.54, 1.807) is 6.33 Å². The Morgan fingerprint density at radius 3 is 1.65 bits per heavy atom. The summed E-state index contributed by atoms with van der Waals surface area (Å²) in [5, 5.41) is 0. The zero-order chi connectivity index (χ0) is 18.2. The Hall–Kier alpha value is -0.540. The molecule has 0 aliphatic rings. The van der Waals surface area contributed by atoms with Crippen LogP contribution in [0.25, 0.3) is 0 Å². The highest BCUT2D eigenvalue weighted by Gasteiger charge is 2.15. The lowest BCUT2D eigenvalue weighted by atomic mass is 10.0. The first-order valence-corrected chi connectivity index (χ1v) is 10.9. The lowest BCUT2D eigenvalue weighted by Gasteiger charge is -2.29. The summed E-state index contributed by atoms with van der Waals surface area (Å²) in [5.74, 6) is 0. The zero-order valence-electron chi connectivity index (χ0n) is 17.7. The van der Waals surface area contributed by atoms with Gasteiger partial charge in [-0.25, -0.2) is 4.98 Å². The van der Waals surface area contributed by atoms with Gasteiger partial charge in [0.15, 0.2) is 0 Å². The number of rotatable bonds is 17. The van der Waals surface area contributed by atoms with E-state index in [2.05, 4.69) is 31.0 Å². The maximum absolute atomic E-state index is 4.11. The molecule has 0 amide bonds. The number of hydrogen-bond acceptors (Lipinski definition) is 1. The molecule has 0 aromatic carbocycles. The largest absolute Gasteiger partial charge is 1.00 e. The smallest absolute Gasteiger partial charge is 0.121 e. The number of hydrogen-bond donors (Lipinski definition) is 1. The van der Waals surface area contributed by atoms with Crippen LogP contribution in [0.3, 0.4) is 0 Å². The second kappa shape index (κ2) is 16.6. The van der Waals surface area contributed by atoms with Crippen molar-refractivity contribution in [2.75, 3.05) is 20.6 Å². The lowest BCUT2D eigenvalue weighted by molar-refractivity contribution is -0.904. The molecule has 0 radical (unpaired) electrons. The van der Waals surface area contributed by atoms with Crippen molar-refractivity contribution < 1.29 is 16.9 Å². The van der Waals surface area contributed by atoms with Gasteiger partial charge in [-0.15, -0.1) is 0 Å². The van der Waals surface area contributed by atoms with Crippen molar-refractivity contribution in [1.82, 2.24) is 9.97 Å². The summed E-state index contributed by atoms with van der Waals surface area (Å²) < 4.78 is 1.06. The van der Waals surface area contributed by atoms with Gasteiger partial charge in [-0.05, 0) is 12.8 Å². The standard InChI is InChI=1S/C22H44N3.ClH/c1-4-5-6-7-8-9-10-11-12-13-14-15-16-17-18-25(2,3)20-22-19-23-21-24-22;/h19,21H,4-18,20H2,1-3H3,(H,23,24);1H/q+1;/p-1. The fourth-order valence-corrected chi connectivity index (χ4v) is 3.65. The Morgan fingerprint density at radius 2 is 1.23 bits per heavy atom. The van der Waals surface area contributed by atoms with Gasteiger partial charge in [0, 0.05) is 0 Å². The predicted octanol–water partition coefficient (Wildman–Crippen LogP) is 3.47. The van der Waals surface area contributed by atoms with E-state index in [4.69, 9.17) is 0 Å². The van der Waals surface area contributed by atoms with Crippen LogP contribution in [-0.2, 0) is 6.54 Å². The van der Waals surface area contributed by atoms with Crippen LogP contribution < -0.4 is 12.4 Å². The minimum absolute atomic E-state index is 0. The molecule has 4 heteroatoms. The maximum Gasteiger partial charge on any atom is 0.121 e. The third-order valence-corrected chi connectivity index (χ3v) is 5.27. The SMILES string of the molecule is CCCCCCCCCCCCCCCC[N+](C)(C)Cc1cnc[nH]1.[Cl-]. The van der Waals surface area contributed by atoms with E-state index in [1.165, 1.54) is 102 Å². The van der Waals surface area contributed by atoms with Gasteiger partial charge in [-0.1, -0.05) is 84.0 Å². The topological polar surface area (TPSA) is 28.7 Å². The molecular formula is C22H44ClN3. The first kappa shape index (κ1) is 25.5. The van der Waals surface area contributed by atoms with Gasteiger partial charge >= 0.3 is 0 Å². The highest BCUT2D eigenvalue weighted by Crippen LogP contribution is 2.14. The molecule has 1 aromatic rings. The highest BCUT2D eigenvalue weighted by molar-refractivity contribution is 4.91. The Kier molecular flexibility index (Phi) is 16.3. The van der Waals surface area contributed by atoms with Gasteiger partial charge in [-0.2, -0.15) is 0 Å². The molecular weight excluding hydrogens is 342 g/mol. The Morgan fingerprint density at radius 1 is 0.769 bits per heavy atom. The van der Waals surface area contributed by atoms with E-state index >= 15 is 0 Å². The average Bonchev–Trinajstić information content (AvgIpc) is 3.07. The molecule has 0 unspecified atom stereocenters. The third kappa shape index (κ3) is 14.6. The summed E-state index contributed by atoms with van der Waals surface area (Å²) in [4.78, 5) is 7.33. The summed E-state index contributed by atoms with van der Waals surface area (Å²) >= 11 is 0. The summed E-state index contributed by atoms with van der Waals surface area (Å²) in [6.07, 6.45) is 23.8. The van der Waals surface area contributed by atoms with Gasteiger partial charge in [0.25, 0.3) is 0 Å². The fraction of sp³-hybridized carbons (Fsp3) is 0.864. The summed E-state index contributed by atoms with van der Waals surface area (Å²) in [5.41, 5.74) is 1.25. The number of nitrogens with zero attached hydrogens (tertiary/aromatic N) is 2. The molecule has 154 valence electrons. The van der Waals surface area contributed by atoms with E-state index in [-0.39, 0.29) is 12.4 Å². The summed E-state index contributed by atoms with van der Waals surface area (Å²) in [6.45, 7) is 4.61.